The van der Waals surface area contributed by atoms with Crippen LogP contribution in [0.5, 0.6) is 0 Å². The molecule has 0 aliphatic carbocycles. The maximum Gasteiger partial charge on any atom is 0.354 e. The van der Waals surface area contributed by atoms with Crippen molar-refractivity contribution in [3.63, 3.8) is 0 Å². The summed E-state index contributed by atoms with van der Waals surface area (Å²) in [6.07, 6.45) is 1.82. The largest absolute Gasteiger partial charge is 0.477 e. The minimum absolute atomic E-state index is 0.0296. The van der Waals surface area contributed by atoms with E-state index < -0.39 is 12.6 Å². The van der Waals surface area contributed by atoms with Crippen molar-refractivity contribution in [2.24, 2.45) is 0 Å². The number of hydrogen-bond donors (Lipinski definition) is 1. The van der Waals surface area contributed by atoms with E-state index in [0.29, 0.717) is 5.88 Å². The van der Waals surface area contributed by atoms with Gasteiger partial charge in [0.05, 0.1) is 11.6 Å². The Morgan fingerprint density at radius 3 is 3.00 bits per heavy atom. The summed E-state index contributed by atoms with van der Waals surface area (Å²) in [5.41, 5.74) is 0.188. The van der Waals surface area contributed by atoms with Crippen molar-refractivity contribution in [3.05, 3.63) is 17.5 Å². The number of carboxylic acid groups (broad SMARTS) is 1. The molecule has 0 aromatic carbocycles. The molecule has 1 N–H and O–H groups in total. The van der Waals surface area contributed by atoms with Crippen LogP contribution in [0.2, 0.25) is 0 Å². The summed E-state index contributed by atoms with van der Waals surface area (Å²) in [4.78, 5) is 10.6. The van der Waals surface area contributed by atoms with E-state index >= 15 is 0 Å². The average molecular weight is 204 g/mol. The van der Waals surface area contributed by atoms with Gasteiger partial charge >= 0.3 is 5.97 Å². The fraction of sp³-hybridized carbons (Fsp3) is 0.429. The molecule has 0 spiro atoms. The monoisotopic (exact) mass is 204 g/mol. The van der Waals surface area contributed by atoms with E-state index in [1.165, 1.54) is 22.5 Å². The van der Waals surface area contributed by atoms with E-state index in [1.54, 1.807) is 0 Å². The van der Waals surface area contributed by atoms with Gasteiger partial charge in [-0.25, -0.2) is 13.9 Å². The Bertz CT molecular complexity index is 313. The summed E-state index contributed by atoms with van der Waals surface area (Å²) in [5, 5.41) is 12.5. The van der Waals surface area contributed by atoms with Crippen molar-refractivity contribution < 1.29 is 14.3 Å². The minimum Gasteiger partial charge on any atom is -0.477 e. The first kappa shape index (κ1) is 10.0. The van der Waals surface area contributed by atoms with E-state index in [-0.39, 0.29) is 11.4 Å². The minimum atomic E-state index is -1.08. The van der Waals surface area contributed by atoms with Crippen LogP contribution >= 0.6 is 11.8 Å². The van der Waals surface area contributed by atoms with E-state index in [1.807, 2.05) is 6.26 Å². The lowest BCUT2D eigenvalue weighted by Gasteiger charge is -1.99. The van der Waals surface area contributed by atoms with Gasteiger partial charge in [-0.2, -0.15) is 5.10 Å². The SMILES string of the molecule is CSCn1nc(CF)cc1C(=O)O. The number of alkyl halides is 1. The molecule has 0 saturated carbocycles. The van der Waals surface area contributed by atoms with Crippen LogP contribution in [0.15, 0.2) is 6.07 Å². The number of halogens is 1. The van der Waals surface area contributed by atoms with Gasteiger partial charge in [-0.1, -0.05) is 0 Å². The summed E-state index contributed by atoms with van der Waals surface area (Å²) in [6, 6.07) is 1.25. The zero-order chi connectivity index (χ0) is 9.84. The number of nitrogens with zero attached hydrogens (tertiary/aromatic N) is 2. The Kier molecular flexibility index (Phi) is 3.30. The van der Waals surface area contributed by atoms with Crippen LogP contribution in [0.25, 0.3) is 0 Å². The molecule has 1 rings (SSSR count). The van der Waals surface area contributed by atoms with Gasteiger partial charge in [-0.3, -0.25) is 0 Å². The van der Waals surface area contributed by atoms with Gasteiger partial charge < -0.3 is 5.11 Å². The van der Waals surface area contributed by atoms with Crippen molar-refractivity contribution in [1.82, 2.24) is 9.78 Å². The highest BCUT2D eigenvalue weighted by Gasteiger charge is 2.13. The summed E-state index contributed by atoms with van der Waals surface area (Å²) in [6.45, 7) is -0.734. The third-order valence-corrected chi connectivity index (χ3v) is 1.94. The van der Waals surface area contributed by atoms with Crippen molar-refractivity contribution in [1.29, 1.82) is 0 Å². The second-order valence-electron chi connectivity index (χ2n) is 2.38. The molecule has 1 aromatic heterocycles. The van der Waals surface area contributed by atoms with Gasteiger partial charge in [0.2, 0.25) is 0 Å². The molecule has 4 nitrogen and oxygen atoms in total. The van der Waals surface area contributed by atoms with Gasteiger partial charge in [-0.15, -0.1) is 11.8 Å². The Balaban J connectivity index is 3.00. The molecule has 0 fully saturated rings. The van der Waals surface area contributed by atoms with Crippen LogP contribution in [-0.4, -0.2) is 27.1 Å². The highest BCUT2D eigenvalue weighted by Crippen LogP contribution is 2.09. The van der Waals surface area contributed by atoms with Crippen LogP contribution in [0, 0.1) is 0 Å². The fourth-order valence-corrected chi connectivity index (χ4v) is 1.37. The smallest absolute Gasteiger partial charge is 0.354 e. The highest BCUT2D eigenvalue weighted by molar-refractivity contribution is 7.97. The molecule has 0 unspecified atom stereocenters. The van der Waals surface area contributed by atoms with Crippen LogP contribution in [0.4, 0.5) is 4.39 Å². The number of carbonyl (C=O) groups is 1. The van der Waals surface area contributed by atoms with Crippen molar-refractivity contribution in [2.45, 2.75) is 12.6 Å². The van der Waals surface area contributed by atoms with Gasteiger partial charge in [0, 0.05) is 0 Å². The van der Waals surface area contributed by atoms with Crippen LogP contribution in [0.3, 0.4) is 0 Å². The summed E-state index contributed by atoms with van der Waals surface area (Å²) in [7, 11) is 0. The lowest BCUT2D eigenvalue weighted by molar-refractivity contribution is 0.0685. The molecule has 0 bridgehead atoms. The van der Waals surface area contributed by atoms with Gasteiger partial charge in [-0.05, 0) is 12.3 Å². The first-order valence-electron chi connectivity index (χ1n) is 3.54. The third-order valence-electron chi connectivity index (χ3n) is 1.44. The maximum atomic E-state index is 12.1. The predicted octanol–water partition coefficient (Wildman–Crippen LogP) is 1.37. The second-order valence-corrected chi connectivity index (χ2v) is 3.21. The number of rotatable bonds is 4. The molecule has 72 valence electrons. The zero-order valence-electron chi connectivity index (χ0n) is 7.03. The van der Waals surface area contributed by atoms with Crippen molar-refractivity contribution in [2.75, 3.05) is 6.26 Å². The Hall–Kier alpha value is -1.04. The highest BCUT2D eigenvalue weighted by atomic mass is 32.2. The molecule has 0 amide bonds. The second kappa shape index (κ2) is 4.27. The van der Waals surface area contributed by atoms with Gasteiger partial charge in [0.25, 0.3) is 0 Å². The molecule has 0 aliphatic heterocycles. The van der Waals surface area contributed by atoms with Crippen molar-refractivity contribution in [3.8, 4) is 0 Å². The topological polar surface area (TPSA) is 55.1 Å². The van der Waals surface area contributed by atoms with Crippen LogP contribution in [-0.2, 0) is 12.6 Å². The fourth-order valence-electron chi connectivity index (χ4n) is 0.928. The van der Waals surface area contributed by atoms with E-state index in [9.17, 15) is 9.18 Å². The number of thioether (sulfide) groups is 1. The van der Waals surface area contributed by atoms with E-state index in [2.05, 4.69) is 5.10 Å². The number of carboxylic acids is 1. The molecule has 0 radical (unpaired) electrons. The third kappa shape index (κ3) is 2.21. The number of hydrogen-bond acceptors (Lipinski definition) is 3. The lowest BCUT2D eigenvalue weighted by atomic mass is 10.4. The molecule has 0 aliphatic rings. The molecular formula is C7H9FN2O2S. The molecule has 0 atom stereocenters. The number of aromatic nitrogens is 2. The van der Waals surface area contributed by atoms with Crippen LogP contribution < -0.4 is 0 Å². The van der Waals surface area contributed by atoms with Gasteiger partial charge in [0.1, 0.15) is 12.4 Å². The Morgan fingerprint density at radius 2 is 2.54 bits per heavy atom. The van der Waals surface area contributed by atoms with E-state index in [4.69, 9.17) is 5.11 Å². The maximum absolute atomic E-state index is 12.1. The predicted molar refractivity (Wildman–Crippen MR) is 47.5 cm³/mol. The first-order valence-corrected chi connectivity index (χ1v) is 4.93. The first-order chi connectivity index (χ1) is 6.19. The van der Waals surface area contributed by atoms with E-state index in [0.717, 1.165) is 0 Å². The average Bonchev–Trinajstić information content (AvgIpc) is 2.48. The standard InChI is InChI=1S/C7H9FN2O2S/c1-13-4-10-6(7(11)12)2-5(3-8)9-10/h2H,3-4H2,1H3,(H,11,12). The lowest BCUT2D eigenvalue weighted by Crippen LogP contribution is -2.08. The number of aromatic carboxylic acids is 1. The molecule has 6 heteroatoms. The normalized spacial score (nSPS) is 10.3. The Labute approximate surface area is 78.7 Å². The molecule has 13 heavy (non-hydrogen) atoms. The quantitative estimate of drug-likeness (QED) is 0.804. The summed E-state index contributed by atoms with van der Waals surface area (Å²) >= 11 is 1.42. The molecule has 1 aromatic rings. The molecule has 0 saturated heterocycles. The van der Waals surface area contributed by atoms with Crippen LogP contribution in [0.1, 0.15) is 16.2 Å². The van der Waals surface area contributed by atoms with Crippen molar-refractivity contribution >= 4 is 17.7 Å². The van der Waals surface area contributed by atoms with Gasteiger partial charge in [0.15, 0.2) is 0 Å². The molecule has 1 heterocycles. The summed E-state index contributed by atoms with van der Waals surface area (Å²) < 4.78 is 13.4. The zero-order valence-corrected chi connectivity index (χ0v) is 7.84. The summed E-state index contributed by atoms with van der Waals surface area (Å²) in [5.74, 6) is -0.664. The Morgan fingerprint density at radius 1 is 1.85 bits per heavy atom. The molecular weight excluding hydrogens is 195 g/mol.